The van der Waals surface area contributed by atoms with Gasteiger partial charge in [0.05, 0.1) is 16.4 Å². The molecule has 0 fully saturated rings. The molecule has 0 amide bonds. The van der Waals surface area contributed by atoms with Crippen LogP contribution in [0.3, 0.4) is 0 Å². The Morgan fingerprint density at radius 1 is 1.29 bits per heavy atom. The van der Waals surface area contributed by atoms with Crippen LogP contribution in [0.1, 0.15) is 23.9 Å². The molecule has 0 bridgehead atoms. The van der Waals surface area contributed by atoms with Crippen molar-refractivity contribution in [2.75, 3.05) is 6.54 Å². The minimum atomic E-state index is -0.217. The van der Waals surface area contributed by atoms with Gasteiger partial charge in [-0.2, -0.15) is 5.10 Å². The minimum Gasteiger partial charge on any atom is -0.330 e. The Bertz CT molecular complexity index is 592. The lowest BCUT2D eigenvalue weighted by molar-refractivity contribution is 0.498. The largest absolute Gasteiger partial charge is 0.330 e. The molecule has 1 unspecified atom stereocenters. The van der Waals surface area contributed by atoms with Gasteiger partial charge in [0.25, 0.3) is 0 Å². The number of aromatic nitrogens is 2. The van der Waals surface area contributed by atoms with Crippen molar-refractivity contribution in [3.05, 3.63) is 52.1 Å². The summed E-state index contributed by atoms with van der Waals surface area (Å²) >= 11 is 6.34. The molecule has 0 aliphatic rings. The molecule has 2 N–H and O–H groups in total. The van der Waals surface area contributed by atoms with Crippen molar-refractivity contribution in [2.24, 2.45) is 11.7 Å². The SMILES string of the molecule is CCn1nc(C)c(Cl)c1CC(CN)Cc1ccc(F)cc1. The van der Waals surface area contributed by atoms with Gasteiger partial charge in [-0.1, -0.05) is 23.7 Å². The van der Waals surface area contributed by atoms with Gasteiger partial charge in [-0.15, -0.1) is 0 Å². The summed E-state index contributed by atoms with van der Waals surface area (Å²) in [5.74, 6) is 0.0418. The van der Waals surface area contributed by atoms with E-state index in [-0.39, 0.29) is 11.7 Å². The molecule has 1 heterocycles. The summed E-state index contributed by atoms with van der Waals surface area (Å²) in [5.41, 5.74) is 8.87. The second-order valence-electron chi connectivity index (χ2n) is 5.30. The van der Waals surface area contributed by atoms with E-state index in [0.29, 0.717) is 6.54 Å². The van der Waals surface area contributed by atoms with Crippen molar-refractivity contribution in [1.29, 1.82) is 0 Å². The molecule has 5 heteroatoms. The molecule has 2 rings (SSSR count). The molecule has 1 aromatic carbocycles. The van der Waals surface area contributed by atoms with E-state index in [1.54, 1.807) is 0 Å². The van der Waals surface area contributed by atoms with Crippen LogP contribution in [0, 0.1) is 18.7 Å². The number of aryl methyl sites for hydroxylation is 2. The van der Waals surface area contributed by atoms with Gasteiger partial charge in [0.2, 0.25) is 0 Å². The molecule has 0 aliphatic carbocycles. The number of hydrogen-bond donors (Lipinski definition) is 1. The Morgan fingerprint density at radius 3 is 2.52 bits per heavy atom. The Morgan fingerprint density at radius 2 is 1.95 bits per heavy atom. The summed E-state index contributed by atoms with van der Waals surface area (Å²) < 4.78 is 14.9. The average molecular weight is 310 g/mol. The molecule has 114 valence electrons. The van der Waals surface area contributed by atoms with Crippen LogP contribution >= 0.6 is 11.6 Å². The molecule has 0 radical (unpaired) electrons. The zero-order valence-corrected chi connectivity index (χ0v) is 13.2. The summed E-state index contributed by atoms with van der Waals surface area (Å²) in [6, 6.07) is 6.58. The van der Waals surface area contributed by atoms with Crippen LogP contribution in [-0.2, 0) is 19.4 Å². The van der Waals surface area contributed by atoms with Crippen molar-refractivity contribution in [2.45, 2.75) is 33.2 Å². The average Bonchev–Trinajstić information content (AvgIpc) is 2.76. The number of halogens is 2. The number of rotatable bonds is 6. The number of benzene rings is 1. The second kappa shape index (κ2) is 7.05. The normalized spacial score (nSPS) is 12.6. The van der Waals surface area contributed by atoms with Crippen LogP contribution in [0.5, 0.6) is 0 Å². The standard InChI is InChI=1S/C16H21ClFN3/c1-3-21-15(16(17)11(2)20-21)9-13(10-19)8-12-4-6-14(18)7-5-12/h4-7,13H,3,8-10,19H2,1-2H3. The molecular formula is C16H21ClFN3. The van der Waals surface area contributed by atoms with Crippen molar-refractivity contribution in [3.8, 4) is 0 Å². The Hall–Kier alpha value is -1.39. The fourth-order valence-corrected chi connectivity index (χ4v) is 2.74. The predicted octanol–water partition coefficient (Wildman–Crippen LogP) is 3.36. The molecule has 0 aliphatic heterocycles. The van der Waals surface area contributed by atoms with Gasteiger partial charge in [0.1, 0.15) is 5.82 Å². The van der Waals surface area contributed by atoms with E-state index in [4.69, 9.17) is 17.3 Å². The van der Waals surface area contributed by atoms with Crippen LogP contribution in [-0.4, -0.2) is 16.3 Å². The van der Waals surface area contributed by atoms with Crippen LogP contribution in [0.15, 0.2) is 24.3 Å². The highest BCUT2D eigenvalue weighted by Crippen LogP contribution is 2.24. The smallest absolute Gasteiger partial charge is 0.123 e. The summed E-state index contributed by atoms with van der Waals surface area (Å²) in [6.45, 7) is 5.30. The third kappa shape index (κ3) is 3.83. The highest BCUT2D eigenvalue weighted by atomic mass is 35.5. The zero-order valence-electron chi connectivity index (χ0n) is 12.4. The van der Waals surface area contributed by atoms with E-state index >= 15 is 0 Å². The first-order chi connectivity index (χ1) is 10.0. The van der Waals surface area contributed by atoms with Gasteiger partial charge in [0.15, 0.2) is 0 Å². The highest BCUT2D eigenvalue weighted by Gasteiger charge is 2.17. The summed E-state index contributed by atoms with van der Waals surface area (Å²) in [7, 11) is 0. The van der Waals surface area contributed by atoms with Gasteiger partial charge in [-0.3, -0.25) is 4.68 Å². The van der Waals surface area contributed by atoms with Crippen molar-refractivity contribution < 1.29 is 4.39 Å². The lowest BCUT2D eigenvalue weighted by Crippen LogP contribution is -2.21. The number of nitrogens with zero attached hydrogens (tertiary/aromatic N) is 2. The molecule has 1 aromatic heterocycles. The van der Waals surface area contributed by atoms with Crippen LogP contribution in [0.2, 0.25) is 5.02 Å². The van der Waals surface area contributed by atoms with E-state index in [2.05, 4.69) is 5.10 Å². The molecule has 0 spiro atoms. The topological polar surface area (TPSA) is 43.8 Å². The van der Waals surface area contributed by atoms with Crippen molar-refractivity contribution in [1.82, 2.24) is 9.78 Å². The number of nitrogens with two attached hydrogens (primary N) is 1. The van der Waals surface area contributed by atoms with E-state index in [1.807, 2.05) is 30.7 Å². The third-order valence-corrected chi connectivity index (χ3v) is 4.20. The third-order valence-electron chi connectivity index (χ3n) is 3.71. The van der Waals surface area contributed by atoms with Crippen LogP contribution in [0.4, 0.5) is 4.39 Å². The van der Waals surface area contributed by atoms with E-state index in [1.165, 1.54) is 12.1 Å². The summed E-state index contributed by atoms with van der Waals surface area (Å²) in [6.07, 6.45) is 1.59. The molecule has 3 nitrogen and oxygen atoms in total. The lowest BCUT2D eigenvalue weighted by Gasteiger charge is -2.16. The molecule has 1 atom stereocenters. The molecule has 2 aromatic rings. The maximum atomic E-state index is 13.0. The summed E-state index contributed by atoms with van der Waals surface area (Å²) in [5, 5.41) is 5.16. The second-order valence-corrected chi connectivity index (χ2v) is 5.68. The van der Waals surface area contributed by atoms with Gasteiger partial charge in [-0.25, -0.2) is 4.39 Å². The fraction of sp³-hybridized carbons (Fsp3) is 0.438. The van der Waals surface area contributed by atoms with E-state index in [0.717, 1.165) is 41.4 Å². The minimum absolute atomic E-state index is 0.217. The Labute approximate surface area is 129 Å². The Balaban J connectivity index is 2.14. The molecular weight excluding hydrogens is 289 g/mol. The maximum absolute atomic E-state index is 13.0. The van der Waals surface area contributed by atoms with Crippen molar-refractivity contribution in [3.63, 3.8) is 0 Å². The maximum Gasteiger partial charge on any atom is 0.123 e. The first-order valence-electron chi connectivity index (χ1n) is 7.21. The molecule has 0 saturated heterocycles. The predicted molar refractivity (Wildman–Crippen MR) is 84.0 cm³/mol. The van der Waals surface area contributed by atoms with Gasteiger partial charge in [0, 0.05) is 6.54 Å². The van der Waals surface area contributed by atoms with E-state index in [9.17, 15) is 4.39 Å². The lowest BCUT2D eigenvalue weighted by atomic mass is 9.94. The molecule has 21 heavy (non-hydrogen) atoms. The fourth-order valence-electron chi connectivity index (χ4n) is 2.53. The zero-order chi connectivity index (χ0) is 15.4. The van der Waals surface area contributed by atoms with E-state index < -0.39 is 0 Å². The highest BCUT2D eigenvalue weighted by molar-refractivity contribution is 6.31. The Kier molecular flexibility index (Phi) is 5.37. The summed E-state index contributed by atoms with van der Waals surface area (Å²) in [4.78, 5) is 0. The first-order valence-corrected chi connectivity index (χ1v) is 7.59. The molecule has 0 saturated carbocycles. The quantitative estimate of drug-likeness (QED) is 0.889. The van der Waals surface area contributed by atoms with Crippen LogP contribution in [0.25, 0.3) is 0 Å². The first kappa shape index (κ1) is 16.0. The number of hydrogen-bond acceptors (Lipinski definition) is 2. The van der Waals surface area contributed by atoms with Gasteiger partial charge in [-0.05, 0) is 56.8 Å². The van der Waals surface area contributed by atoms with Crippen LogP contribution < -0.4 is 5.73 Å². The monoisotopic (exact) mass is 309 g/mol. The van der Waals surface area contributed by atoms with Gasteiger partial charge < -0.3 is 5.73 Å². The van der Waals surface area contributed by atoms with Crippen molar-refractivity contribution >= 4 is 11.6 Å². The van der Waals surface area contributed by atoms with Gasteiger partial charge >= 0.3 is 0 Å².